The van der Waals surface area contributed by atoms with E-state index < -0.39 is 21.9 Å². The molecule has 2 atom stereocenters. The van der Waals surface area contributed by atoms with Gasteiger partial charge in [-0.3, -0.25) is 14.8 Å². The van der Waals surface area contributed by atoms with E-state index in [1.54, 1.807) is 26.0 Å². The molecule has 1 aromatic carbocycles. The number of hydrogen-bond donors (Lipinski definition) is 2. The molecule has 0 spiro atoms. The predicted molar refractivity (Wildman–Crippen MR) is 112 cm³/mol. The number of sulfonamides is 1. The summed E-state index contributed by atoms with van der Waals surface area (Å²) in [5.74, 6) is -0.881. The summed E-state index contributed by atoms with van der Waals surface area (Å²) in [5, 5.41) is 26.9. The summed E-state index contributed by atoms with van der Waals surface area (Å²) < 4.78 is 27.2. The highest BCUT2D eigenvalue weighted by Crippen LogP contribution is 2.39. The Kier molecular flexibility index (Phi) is 5.45. The van der Waals surface area contributed by atoms with Crippen LogP contribution in [0.5, 0.6) is 0 Å². The summed E-state index contributed by atoms with van der Waals surface area (Å²) in [6.45, 7) is 7.19. The zero-order chi connectivity index (χ0) is 21.3. The molecular weight excluding hydrogens is 388 g/mol. The van der Waals surface area contributed by atoms with Crippen LogP contribution >= 0.6 is 0 Å². The summed E-state index contributed by atoms with van der Waals surface area (Å²) >= 11 is 0. The minimum atomic E-state index is -3.55. The predicted octanol–water partition coefficient (Wildman–Crippen LogP) is 3.46. The van der Waals surface area contributed by atoms with Crippen molar-refractivity contribution in [2.24, 2.45) is 16.8 Å². The molecule has 0 amide bonds. The molecule has 0 saturated heterocycles. The second-order valence-corrected chi connectivity index (χ2v) is 9.37. The summed E-state index contributed by atoms with van der Waals surface area (Å²) in [5.41, 5.74) is 3.07. The van der Waals surface area contributed by atoms with Gasteiger partial charge in [0.1, 0.15) is 0 Å². The van der Waals surface area contributed by atoms with E-state index in [1.807, 2.05) is 19.9 Å². The molecule has 2 unspecified atom stereocenters. The number of H-pyrrole nitrogens is 1. The van der Waals surface area contributed by atoms with Crippen molar-refractivity contribution in [3.63, 3.8) is 0 Å². The second kappa shape index (κ2) is 7.69. The number of allylic oxidation sites excluding steroid dienone is 2. The van der Waals surface area contributed by atoms with Gasteiger partial charge in [-0.15, -0.1) is 0 Å². The maximum atomic E-state index is 12.3. The van der Waals surface area contributed by atoms with Gasteiger partial charge in [0.05, 0.1) is 40.6 Å². The maximum Gasteiger partial charge on any atom is 0.234 e. The van der Waals surface area contributed by atoms with Gasteiger partial charge in [0, 0.05) is 17.0 Å². The van der Waals surface area contributed by atoms with E-state index in [0.29, 0.717) is 27.9 Å². The van der Waals surface area contributed by atoms with Crippen LogP contribution in [-0.2, 0) is 10.0 Å². The van der Waals surface area contributed by atoms with Gasteiger partial charge in [-0.1, -0.05) is 19.9 Å². The van der Waals surface area contributed by atoms with Crippen molar-refractivity contribution in [1.82, 2.24) is 10.2 Å². The van der Waals surface area contributed by atoms with E-state index in [9.17, 15) is 18.9 Å². The lowest BCUT2D eigenvalue weighted by Gasteiger charge is -2.26. The van der Waals surface area contributed by atoms with E-state index in [2.05, 4.69) is 32.1 Å². The lowest BCUT2D eigenvalue weighted by molar-refractivity contribution is 0.587. The fourth-order valence-electron chi connectivity index (χ4n) is 3.64. The number of aromatic nitrogens is 2. The Labute approximate surface area is 170 Å². The summed E-state index contributed by atoms with van der Waals surface area (Å²) in [4.78, 5) is 4.35. The first kappa shape index (κ1) is 20.6. The first-order valence-corrected chi connectivity index (χ1v) is 10.9. The zero-order valence-electron chi connectivity index (χ0n) is 16.7. The maximum absolute atomic E-state index is 12.3. The minimum absolute atomic E-state index is 0.0175. The molecule has 150 valence electrons. The van der Waals surface area contributed by atoms with Crippen LogP contribution in [0.25, 0.3) is 10.9 Å². The molecule has 1 aromatic heterocycles. The van der Waals surface area contributed by atoms with Gasteiger partial charge < -0.3 is 0 Å². The molecule has 0 aliphatic carbocycles. The van der Waals surface area contributed by atoms with Crippen LogP contribution in [0.3, 0.4) is 0 Å². The second-order valence-electron chi connectivity index (χ2n) is 7.60. The lowest BCUT2D eigenvalue weighted by Crippen LogP contribution is -2.24. The molecule has 0 fully saturated rings. The Bertz CT molecular complexity index is 1210. The molecule has 9 heteroatoms. The Balaban J connectivity index is 2.09. The van der Waals surface area contributed by atoms with Crippen molar-refractivity contribution in [3.05, 3.63) is 35.0 Å². The fourth-order valence-corrected chi connectivity index (χ4v) is 5.05. The van der Waals surface area contributed by atoms with Crippen LogP contribution in [0, 0.1) is 34.5 Å². The normalized spacial score (nSPS) is 19.8. The van der Waals surface area contributed by atoms with Gasteiger partial charge in [0.25, 0.3) is 0 Å². The van der Waals surface area contributed by atoms with E-state index in [-0.39, 0.29) is 17.5 Å². The number of nitrogens with zero attached hydrogens (tertiary/aromatic N) is 4. The van der Waals surface area contributed by atoms with Crippen molar-refractivity contribution < 1.29 is 8.42 Å². The van der Waals surface area contributed by atoms with Gasteiger partial charge in [-0.25, -0.2) is 8.42 Å². The summed E-state index contributed by atoms with van der Waals surface area (Å²) in [7, 11) is -3.55. The first-order chi connectivity index (χ1) is 13.7. The van der Waals surface area contributed by atoms with E-state index >= 15 is 0 Å². The van der Waals surface area contributed by atoms with Crippen LogP contribution in [0.4, 0.5) is 5.82 Å². The standard InChI is InChI=1S/C20H22N6O2S/c1-11(2)10-29(27,28)26-20-15-7-14(5-6-18(15)24-25-20)19-16(8-21)12(3)23-13(4)17(19)9-22/h5-7,11,16,19H,10H2,1-4H3,(H2,24,25,26). The molecular formula is C20H22N6O2S. The van der Waals surface area contributed by atoms with Gasteiger partial charge >= 0.3 is 0 Å². The quantitative estimate of drug-likeness (QED) is 0.778. The average Bonchev–Trinajstić information content (AvgIpc) is 3.01. The number of aromatic amines is 1. The van der Waals surface area contributed by atoms with Crippen molar-refractivity contribution in [2.45, 2.75) is 33.6 Å². The third-order valence-corrected chi connectivity index (χ3v) is 6.45. The number of hydrogen-bond acceptors (Lipinski definition) is 6. The van der Waals surface area contributed by atoms with Crippen LogP contribution < -0.4 is 4.72 Å². The molecule has 8 nitrogen and oxygen atoms in total. The number of nitrogens with one attached hydrogen (secondary N) is 2. The average molecular weight is 411 g/mol. The molecule has 2 N–H and O–H groups in total. The van der Waals surface area contributed by atoms with Gasteiger partial charge in [0.15, 0.2) is 5.82 Å². The van der Waals surface area contributed by atoms with E-state index in [4.69, 9.17) is 0 Å². The Hall–Kier alpha value is -3.17. The number of benzene rings is 1. The Morgan fingerprint density at radius 1 is 1.28 bits per heavy atom. The molecule has 2 heterocycles. The number of anilines is 1. The van der Waals surface area contributed by atoms with Crippen molar-refractivity contribution in [2.75, 3.05) is 10.5 Å². The zero-order valence-corrected chi connectivity index (χ0v) is 17.5. The number of fused-ring (bicyclic) bond motifs is 1. The molecule has 1 aliphatic rings. The minimum Gasteiger partial charge on any atom is -0.276 e. The summed E-state index contributed by atoms with van der Waals surface area (Å²) in [6.07, 6.45) is 0. The van der Waals surface area contributed by atoms with Crippen molar-refractivity contribution >= 4 is 32.5 Å². The molecule has 0 saturated carbocycles. The third-order valence-electron chi connectivity index (χ3n) is 4.84. The highest BCUT2D eigenvalue weighted by molar-refractivity contribution is 7.92. The monoisotopic (exact) mass is 410 g/mol. The molecule has 0 radical (unpaired) electrons. The smallest absolute Gasteiger partial charge is 0.234 e. The fraction of sp³-hybridized carbons (Fsp3) is 0.400. The Morgan fingerprint density at radius 3 is 2.62 bits per heavy atom. The Morgan fingerprint density at radius 2 is 2.00 bits per heavy atom. The highest BCUT2D eigenvalue weighted by Gasteiger charge is 2.34. The van der Waals surface area contributed by atoms with Gasteiger partial charge in [0.2, 0.25) is 10.0 Å². The molecule has 29 heavy (non-hydrogen) atoms. The van der Waals surface area contributed by atoms with E-state index in [1.165, 1.54) is 0 Å². The first-order valence-electron chi connectivity index (χ1n) is 9.21. The summed E-state index contributed by atoms with van der Waals surface area (Å²) in [6, 6.07) is 9.82. The number of nitriles is 2. The molecule has 2 aromatic rings. The number of rotatable bonds is 5. The van der Waals surface area contributed by atoms with Crippen molar-refractivity contribution in [1.29, 1.82) is 10.5 Å². The molecule has 3 rings (SSSR count). The van der Waals surface area contributed by atoms with Gasteiger partial charge in [-0.2, -0.15) is 15.6 Å². The van der Waals surface area contributed by atoms with Crippen LogP contribution in [-0.4, -0.2) is 30.1 Å². The number of aliphatic imine (C=N–C) groups is 1. The van der Waals surface area contributed by atoms with Crippen LogP contribution in [0.1, 0.15) is 39.2 Å². The van der Waals surface area contributed by atoms with Crippen LogP contribution in [0.15, 0.2) is 34.5 Å². The van der Waals surface area contributed by atoms with Crippen molar-refractivity contribution in [3.8, 4) is 12.1 Å². The van der Waals surface area contributed by atoms with E-state index in [0.717, 1.165) is 5.56 Å². The topological polar surface area (TPSA) is 135 Å². The molecule has 0 bridgehead atoms. The third kappa shape index (κ3) is 4.01. The van der Waals surface area contributed by atoms with Crippen LogP contribution in [0.2, 0.25) is 0 Å². The molecule has 1 aliphatic heterocycles. The van der Waals surface area contributed by atoms with Gasteiger partial charge in [-0.05, 0) is 37.5 Å². The highest BCUT2D eigenvalue weighted by atomic mass is 32.2. The lowest BCUT2D eigenvalue weighted by atomic mass is 9.76. The SMILES string of the molecule is CC1=NC(C)=C(C#N)C(c2ccc3[nH]nc(NS(=O)(=O)CC(C)C)c3c2)C1C#N. The largest absolute Gasteiger partial charge is 0.276 e.